The second-order valence-electron chi connectivity index (χ2n) is 8.59. The van der Waals surface area contributed by atoms with Crippen LogP contribution >= 0.6 is 0 Å². The zero-order valence-corrected chi connectivity index (χ0v) is 19.4. The fourth-order valence-corrected chi connectivity index (χ4v) is 3.25. The minimum atomic E-state index is -0.874. The summed E-state index contributed by atoms with van der Waals surface area (Å²) in [5, 5.41) is 14.7. The van der Waals surface area contributed by atoms with Crippen molar-refractivity contribution < 1.29 is 19.1 Å². The minimum absolute atomic E-state index is 0.258. The average Bonchev–Trinajstić information content (AvgIpc) is 2.73. The number of hydrogen-bond donors (Lipinski definition) is 2. The number of nitrogens with zero attached hydrogens (tertiary/aromatic N) is 1. The topological polar surface area (TPSA) is 100 Å². The highest BCUT2D eigenvalue weighted by molar-refractivity contribution is 5.81. The maximum atomic E-state index is 12.7. The first kappa shape index (κ1) is 24.7. The number of anilines is 1. The normalized spacial score (nSPS) is 13.8. The van der Waals surface area contributed by atoms with Crippen LogP contribution in [0.25, 0.3) is 0 Å². The number of nitrogens with one attached hydrogen (secondary N) is 2. The lowest BCUT2D eigenvalue weighted by Gasteiger charge is -2.27. The molecule has 3 atom stereocenters. The number of carbonyl (C=O) groups is 2. The number of esters is 1. The highest BCUT2D eigenvalue weighted by atomic mass is 16.6. The summed E-state index contributed by atoms with van der Waals surface area (Å²) in [5.74, 6) is -0.819. The molecular weight excluding hydrogens is 406 g/mol. The van der Waals surface area contributed by atoms with Gasteiger partial charge in [-0.2, -0.15) is 5.26 Å². The molecule has 0 aliphatic rings. The van der Waals surface area contributed by atoms with Crippen LogP contribution in [0, 0.1) is 11.3 Å². The smallest absolute Gasteiger partial charge is 0.408 e. The molecule has 0 heterocycles. The number of alkyl carbamates (subject to hydrolysis) is 1. The van der Waals surface area contributed by atoms with E-state index in [-0.39, 0.29) is 5.92 Å². The molecule has 0 spiro atoms. The number of hydrogen-bond acceptors (Lipinski definition) is 6. The molecule has 7 nitrogen and oxygen atoms in total. The Balaban J connectivity index is 2.21. The van der Waals surface area contributed by atoms with Gasteiger partial charge in [-0.25, -0.2) is 9.59 Å². The molecule has 2 aromatic rings. The molecule has 32 heavy (non-hydrogen) atoms. The Bertz CT molecular complexity index is 957. The van der Waals surface area contributed by atoms with Crippen LogP contribution in [0.5, 0.6) is 0 Å². The van der Waals surface area contributed by atoms with Gasteiger partial charge in [-0.05, 0) is 70.0 Å². The molecule has 2 rings (SSSR count). The van der Waals surface area contributed by atoms with E-state index in [4.69, 9.17) is 14.7 Å². The average molecular weight is 438 g/mol. The van der Waals surface area contributed by atoms with E-state index in [2.05, 4.69) is 16.7 Å². The highest BCUT2D eigenvalue weighted by Gasteiger charge is 2.28. The van der Waals surface area contributed by atoms with Crippen molar-refractivity contribution in [3.63, 3.8) is 0 Å². The number of benzene rings is 2. The molecule has 0 saturated carbocycles. The van der Waals surface area contributed by atoms with Crippen molar-refractivity contribution in [3.8, 4) is 6.07 Å². The van der Waals surface area contributed by atoms with Crippen molar-refractivity contribution in [2.24, 2.45) is 0 Å². The van der Waals surface area contributed by atoms with E-state index in [0.717, 1.165) is 16.8 Å². The first-order valence-corrected chi connectivity index (χ1v) is 10.5. The van der Waals surface area contributed by atoms with E-state index in [9.17, 15) is 9.59 Å². The number of rotatable bonds is 7. The van der Waals surface area contributed by atoms with Crippen LogP contribution in [0.2, 0.25) is 0 Å². The molecule has 170 valence electrons. The summed E-state index contributed by atoms with van der Waals surface area (Å²) in [6.45, 7) is 8.61. The molecule has 0 aromatic heterocycles. The summed E-state index contributed by atoms with van der Waals surface area (Å²) in [7, 11) is 1.84. The quantitative estimate of drug-likeness (QED) is 0.615. The Morgan fingerprint density at radius 2 is 1.50 bits per heavy atom. The number of nitriles is 1. The molecule has 7 heteroatoms. The fraction of sp³-hybridized carbons (Fsp3) is 0.400. The number of carbonyl (C=O) groups excluding carboxylic acids is 2. The van der Waals surface area contributed by atoms with E-state index >= 15 is 0 Å². The van der Waals surface area contributed by atoms with Crippen LogP contribution in [-0.4, -0.2) is 36.9 Å². The summed E-state index contributed by atoms with van der Waals surface area (Å²) in [6, 6.07) is 16.3. The van der Waals surface area contributed by atoms with E-state index in [1.807, 2.05) is 50.4 Å². The van der Waals surface area contributed by atoms with Crippen molar-refractivity contribution in [1.29, 1.82) is 5.26 Å². The van der Waals surface area contributed by atoms with Gasteiger partial charge in [0, 0.05) is 18.7 Å². The predicted molar refractivity (Wildman–Crippen MR) is 123 cm³/mol. The van der Waals surface area contributed by atoms with Crippen molar-refractivity contribution in [3.05, 3.63) is 65.2 Å². The van der Waals surface area contributed by atoms with Crippen molar-refractivity contribution in [2.75, 3.05) is 12.4 Å². The lowest BCUT2D eigenvalue weighted by Crippen LogP contribution is -2.43. The third-order valence-corrected chi connectivity index (χ3v) is 4.82. The van der Waals surface area contributed by atoms with E-state index in [1.54, 1.807) is 39.8 Å². The summed E-state index contributed by atoms with van der Waals surface area (Å²) < 4.78 is 10.9. The Labute approximate surface area is 189 Å². The third-order valence-electron chi connectivity index (χ3n) is 4.82. The Hall–Kier alpha value is -3.53. The lowest BCUT2D eigenvalue weighted by atomic mass is 9.86. The monoisotopic (exact) mass is 437 g/mol. The summed E-state index contributed by atoms with van der Waals surface area (Å²) in [5.41, 5.74) is 2.72. The van der Waals surface area contributed by atoms with E-state index in [1.165, 1.54) is 0 Å². The standard InChI is InChI=1S/C25H31N3O4/c1-16(28-24(30)32-25(3,4)5)23(29)31-17(2)22(19-9-7-18(15-26)8-10-19)20-11-13-21(27-6)14-12-20/h7-14,16-17,22,27H,1-6H3,(H,28,30)/t16-,17-,22?/m0/s1. The van der Waals surface area contributed by atoms with Crippen LogP contribution in [0.15, 0.2) is 48.5 Å². The summed E-state index contributed by atoms with van der Waals surface area (Å²) in [6.07, 6.45) is -1.21. The van der Waals surface area contributed by atoms with E-state index in [0.29, 0.717) is 5.56 Å². The van der Waals surface area contributed by atoms with Crippen LogP contribution in [0.1, 0.15) is 57.2 Å². The molecule has 2 aromatic carbocycles. The Kier molecular flexibility index (Phi) is 8.25. The van der Waals surface area contributed by atoms with Crippen LogP contribution in [0.4, 0.5) is 10.5 Å². The maximum absolute atomic E-state index is 12.7. The molecule has 0 radical (unpaired) electrons. The molecule has 0 aliphatic heterocycles. The Morgan fingerprint density at radius 3 is 1.97 bits per heavy atom. The highest BCUT2D eigenvalue weighted by Crippen LogP contribution is 2.31. The molecule has 1 unspecified atom stereocenters. The molecule has 1 amide bonds. The van der Waals surface area contributed by atoms with Crippen LogP contribution in [0.3, 0.4) is 0 Å². The minimum Gasteiger partial charge on any atom is -0.460 e. The van der Waals surface area contributed by atoms with Gasteiger partial charge in [0.15, 0.2) is 0 Å². The SMILES string of the molecule is CNc1ccc(C(c2ccc(C#N)cc2)[C@H](C)OC(=O)[C@H](C)NC(=O)OC(C)(C)C)cc1. The second-order valence-corrected chi connectivity index (χ2v) is 8.59. The summed E-state index contributed by atoms with van der Waals surface area (Å²) >= 11 is 0. The molecule has 0 fully saturated rings. The lowest BCUT2D eigenvalue weighted by molar-refractivity contribution is -0.150. The van der Waals surface area contributed by atoms with Gasteiger partial charge in [-0.15, -0.1) is 0 Å². The van der Waals surface area contributed by atoms with Gasteiger partial charge in [0.2, 0.25) is 0 Å². The number of ether oxygens (including phenoxy) is 2. The molecule has 2 N–H and O–H groups in total. The largest absolute Gasteiger partial charge is 0.460 e. The van der Waals surface area contributed by atoms with Gasteiger partial charge >= 0.3 is 12.1 Å². The van der Waals surface area contributed by atoms with E-state index < -0.39 is 29.8 Å². The predicted octanol–water partition coefficient (Wildman–Crippen LogP) is 4.58. The summed E-state index contributed by atoms with van der Waals surface area (Å²) in [4.78, 5) is 24.7. The number of amides is 1. The van der Waals surface area contributed by atoms with Crippen molar-refractivity contribution >= 4 is 17.7 Å². The molecule has 0 saturated heterocycles. The second kappa shape index (κ2) is 10.7. The zero-order valence-electron chi connectivity index (χ0n) is 19.4. The molecular formula is C25H31N3O4. The van der Waals surface area contributed by atoms with Gasteiger partial charge in [-0.3, -0.25) is 0 Å². The molecule has 0 aliphatic carbocycles. The third kappa shape index (κ3) is 7.02. The van der Waals surface area contributed by atoms with Crippen LogP contribution in [-0.2, 0) is 14.3 Å². The van der Waals surface area contributed by atoms with Crippen molar-refractivity contribution in [1.82, 2.24) is 5.32 Å². The van der Waals surface area contributed by atoms with Gasteiger partial charge in [0.25, 0.3) is 0 Å². The first-order chi connectivity index (χ1) is 15.0. The fourth-order valence-electron chi connectivity index (χ4n) is 3.25. The zero-order chi connectivity index (χ0) is 23.9. The Morgan fingerprint density at radius 1 is 0.969 bits per heavy atom. The van der Waals surface area contributed by atoms with Gasteiger partial charge in [-0.1, -0.05) is 24.3 Å². The van der Waals surface area contributed by atoms with Gasteiger partial charge < -0.3 is 20.1 Å². The van der Waals surface area contributed by atoms with Gasteiger partial charge in [0.1, 0.15) is 17.7 Å². The van der Waals surface area contributed by atoms with Crippen molar-refractivity contribution in [2.45, 2.75) is 58.3 Å². The van der Waals surface area contributed by atoms with Crippen LogP contribution < -0.4 is 10.6 Å². The van der Waals surface area contributed by atoms with Gasteiger partial charge in [0.05, 0.1) is 11.6 Å². The first-order valence-electron chi connectivity index (χ1n) is 10.5. The molecule has 0 bridgehead atoms. The maximum Gasteiger partial charge on any atom is 0.408 e.